The molecular weight excluding hydrogens is 428 g/mol. The van der Waals surface area contributed by atoms with Gasteiger partial charge in [-0.15, -0.1) is 0 Å². The molecule has 0 radical (unpaired) electrons. The fourth-order valence-electron chi connectivity index (χ4n) is 6.14. The number of aromatic nitrogens is 1. The topological polar surface area (TPSA) is 29.3 Å². The van der Waals surface area contributed by atoms with Crippen LogP contribution in [0.25, 0.3) is 11.1 Å². The maximum Gasteiger partial charge on any atom is 0.198 e. The molecule has 2 aliphatic rings. The summed E-state index contributed by atoms with van der Waals surface area (Å²) in [6.45, 7) is 13.5. The van der Waals surface area contributed by atoms with Gasteiger partial charge in [0.05, 0.1) is 0 Å². The van der Waals surface area contributed by atoms with Gasteiger partial charge in [-0.1, -0.05) is 65.0 Å². The standard InChI is InChI=1S/C32H44N2O/c1-7-14-29-22(3)19-20-26-15-10-9-11-16-27(26)31(34(29)6)24(5)23(4)21-25(8-2)32-33-28-17-12-13-18-30(28)35-32/h7,12-14,17-18,20,22-25H,1,8-11,15-16,19,21H2,2-6H3/b26-20+,29-14-,31-27-. The summed E-state index contributed by atoms with van der Waals surface area (Å²) in [6.07, 6.45) is 16.3. The van der Waals surface area contributed by atoms with Gasteiger partial charge in [0, 0.05) is 24.4 Å². The van der Waals surface area contributed by atoms with Crippen LogP contribution in [0.15, 0.2) is 76.0 Å². The van der Waals surface area contributed by atoms with E-state index in [4.69, 9.17) is 9.40 Å². The fourth-order valence-corrected chi connectivity index (χ4v) is 6.14. The molecule has 188 valence electrons. The van der Waals surface area contributed by atoms with E-state index in [0.29, 0.717) is 23.7 Å². The molecule has 1 aromatic heterocycles. The van der Waals surface area contributed by atoms with Crippen molar-refractivity contribution in [3.63, 3.8) is 0 Å². The molecule has 1 saturated carbocycles. The average molecular weight is 473 g/mol. The lowest BCUT2D eigenvalue weighted by Crippen LogP contribution is -2.31. The predicted molar refractivity (Wildman–Crippen MR) is 148 cm³/mol. The number of rotatable bonds is 7. The van der Waals surface area contributed by atoms with Gasteiger partial charge in [-0.05, 0) is 92.1 Å². The summed E-state index contributed by atoms with van der Waals surface area (Å²) >= 11 is 0. The Labute approximate surface area is 212 Å². The molecule has 4 unspecified atom stereocenters. The minimum atomic E-state index is 0.329. The summed E-state index contributed by atoms with van der Waals surface area (Å²) in [5.74, 6) is 2.65. The molecule has 1 aromatic carbocycles. The first-order valence-electron chi connectivity index (χ1n) is 13.8. The highest BCUT2D eigenvalue weighted by atomic mass is 16.3. The predicted octanol–water partition coefficient (Wildman–Crippen LogP) is 9.17. The molecule has 3 nitrogen and oxygen atoms in total. The van der Waals surface area contributed by atoms with Gasteiger partial charge in [-0.3, -0.25) is 0 Å². The van der Waals surface area contributed by atoms with Crippen molar-refractivity contribution in [1.29, 1.82) is 0 Å². The molecule has 0 bridgehead atoms. The molecule has 4 atom stereocenters. The van der Waals surface area contributed by atoms with E-state index in [1.54, 1.807) is 11.1 Å². The van der Waals surface area contributed by atoms with Crippen molar-refractivity contribution in [2.45, 2.75) is 85.0 Å². The number of benzene rings is 1. The first kappa shape index (κ1) is 25.5. The van der Waals surface area contributed by atoms with Gasteiger partial charge in [-0.25, -0.2) is 4.98 Å². The van der Waals surface area contributed by atoms with E-state index >= 15 is 0 Å². The highest BCUT2D eigenvalue weighted by Gasteiger charge is 2.31. The van der Waals surface area contributed by atoms with Crippen LogP contribution in [-0.2, 0) is 0 Å². The van der Waals surface area contributed by atoms with Crippen LogP contribution >= 0.6 is 0 Å². The van der Waals surface area contributed by atoms with E-state index in [-0.39, 0.29) is 0 Å². The SMILES string of the molecule is C=C/C=C1/C(C)C/C=C2\CCCCC\C2=C(/C(C)C(C)CC(CC)c2nc3ccccc3o2)N1C. The smallest absolute Gasteiger partial charge is 0.198 e. The summed E-state index contributed by atoms with van der Waals surface area (Å²) in [5, 5.41) is 0. The van der Waals surface area contributed by atoms with E-state index in [1.807, 2.05) is 30.3 Å². The van der Waals surface area contributed by atoms with Gasteiger partial charge in [-0.2, -0.15) is 0 Å². The van der Waals surface area contributed by atoms with Gasteiger partial charge in [0.2, 0.25) is 0 Å². The highest BCUT2D eigenvalue weighted by molar-refractivity contribution is 5.72. The van der Waals surface area contributed by atoms with Gasteiger partial charge >= 0.3 is 0 Å². The normalized spacial score (nSPS) is 26.8. The number of hydrogen-bond acceptors (Lipinski definition) is 3. The zero-order chi connectivity index (χ0) is 24.9. The first-order chi connectivity index (χ1) is 16.9. The molecule has 1 fully saturated rings. The van der Waals surface area contributed by atoms with Crippen LogP contribution in [0, 0.1) is 17.8 Å². The molecule has 2 aromatic rings. The molecular formula is C32H44N2O. The van der Waals surface area contributed by atoms with Gasteiger partial charge < -0.3 is 9.32 Å². The lowest BCUT2D eigenvalue weighted by molar-refractivity contribution is 0.289. The second-order valence-electron chi connectivity index (χ2n) is 10.8. The molecule has 1 aliphatic heterocycles. The molecule has 35 heavy (non-hydrogen) atoms. The van der Waals surface area contributed by atoms with Crippen LogP contribution in [0.3, 0.4) is 0 Å². The average Bonchev–Trinajstić information content (AvgIpc) is 3.16. The third kappa shape index (κ3) is 5.50. The Morgan fingerprint density at radius 2 is 1.94 bits per heavy atom. The Balaban J connectivity index is 1.68. The van der Waals surface area contributed by atoms with Crippen LogP contribution in [-0.4, -0.2) is 16.9 Å². The Morgan fingerprint density at radius 3 is 2.69 bits per heavy atom. The maximum absolute atomic E-state index is 6.21. The molecule has 3 heteroatoms. The van der Waals surface area contributed by atoms with Crippen molar-refractivity contribution in [2.24, 2.45) is 17.8 Å². The number of oxazole rings is 1. The minimum Gasteiger partial charge on any atom is -0.440 e. The van der Waals surface area contributed by atoms with Crippen LogP contribution in [0.4, 0.5) is 0 Å². The summed E-state index contributed by atoms with van der Waals surface area (Å²) < 4.78 is 6.21. The van der Waals surface area contributed by atoms with Gasteiger partial charge in [0.15, 0.2) is 11.5 Å². The minimum absolute atomic E-state index is 0.329. The van der Waals surface area contributed by atoms with Gasteiger partial charge in [0.25, 0.3) is 0 Å². The molecule has 0 amide bonds. The maximum atomic E-state index is 6.21. The second kappa shape index (κ2) is 11.5. The Hall–Kier alpha value is -2.55. The third-order valence-electron chi connectivity index (χ3n) is 8.42. The van der Waals surface area contributed by atoms with E-state index in [9.17, 15) is 0 Å². The Bertz CT molecular complexity index is 1080. The van der Waals surface area contributed by atoms with E-state index < -0.39 is 0 Å². The van der Waals surface area contributed by atoms with E-state index in [0.717, 1.165) is 36.3 Å². The first-order valence-corrected chi connectivity index (χ1v) is 13.8. The van der Waals surface area contributed by atoms with Crippen molar-refractivity contribution in [2.75, 3.05) is 7.05 Å². The lowest BCUT2D eigenvalue weighted by atomic mass is 9.79. The number of fused-ring (bicyclic) bond motifs is 2. The van der Waals surface area contributed by atoms with Crippen molar-refractivity contribution in [3.05, 3.63) is 77.5 Å². The van der Waals surface area contributed by atoms with E-state index in [2.05, 4.69) is 58.4 Å². The van der Waals surface area contributed by atoms with Crippen molar-refractivity contribution < 1.29 is 4.42 Å². The van der Waals surface area contributed by atoms with Crippen LogP contribution in [0.1, 0.15) is 90.9 Å². The molecule has 4 rings (SSSR count). The molecule has 0 spiro atoms. The monoisotopic (exact) mass is 472 g/mol. The second-order valence-corrected chi connectivity index (χ2v) is 10.8. The van der Waals surface area contributed by atoms with Crippen molar-refractivity contribution in [3.8, 4) is 0 Å². The lowest BCUT2D eigenvalue weighted by Gasteiger charge is -2.39. The Morgan fingerprint density at radius 1 is 1.17 bits per heavy atom. The zero-order valence-electron chi connectivity index (χ0n) is 22.5. The fraction of sp³-hybridized carbons (Fsp3) is 0.531. The summed E-state index contributed by atoms with van der Waals surface area (Å²) in [5.41, 5.74) is 7.99. The largest absolute Gasteiger partial charge is 0.440 e. The van der Waals surface area contributed by atoms with Crippen LogP contribution < -0.4 is 0 Å². The number of para-hydroxylation sites is 2. The highest BCUT2D eigenvalue weighted by Crippen LogP contribution is 2.42. The number of allylic oxidation sites excluding steroid dienone is 7. The van der Waals surface area contributed by atoms with Crippen LogP contribution in [0.5, 0.6) is 0 Å². The van der Waals surface area contributed by atoms with Crippen LogP contribution in [0.2, 0.25) is 0 Å². The van der Waals surface area contributed by atoms with Crippen molar-refractivity contribution in [1.82, 2.24) is 9.88 Å². The molecule has 0 N–H and O–H groups in total. The van der Waals surface area contributed by atoms with E-state index in [1.165, 1.54) is 43.5 Å². The number of hydrogen-bond donors (Lipinski definition) is 0. The quantitative estimate of drug-likeness (QED) is 0.402. The van der Waals surface area contributed by atoms with Crippen molar-refractivity contribution >= 4 is 11.1 Å². The number of nitrogens with zero attached hydrogens (tertiary/aromatic N) is 2. The zero-order valence-corrected chi connectivity index (χ0v) is 22.5. The third-order valence-corrected chi connectivity index (χ3v) is 8.42. The molecule has 0 saturated heterocycles. The van der Waals surface area contributed by atoms with Gasteiger partial charge in [0.1, 0.15) is 5.52 Å². The Kier molecular flexibility index (Phi) is 8.36. The molecule has 1 aliphatic carbocycles. The summed E-state index contributed by atoms with van der Waals surface area (Å²) in [7, 11) is 2.29. The summed E-state index contributed by atoms with van der Waals surface area (Å²) in [6, 6.07) is 8.13. The molecule has 2 heterocycles. The summed E-state index contributed by atoms with van der Waals surface area (Å²) in [4.78, 5) is 7.39.